The molecule has 3 aromatic rings. The molecule has 3 heterocycles. The van der Waals surface area contributed by atoms with Crippen molar-refractivity contribution in [1.29, 1.82) is 0 Å². The summed E-state index contributed by atoms with van der Waals surface area (Å²) in [6.45, 7) is 1.76. The van der Waals surface area contributed by atoms with Gasteiger partial charge in [-0.2, -0.15) is 0 Å². The highest BCUT2D eigenvalue weighted by atomic mass is 35.5. The molecule has 0 aromatic carbocycles. The predicted molar refractivity (Wildman–Crippen MR) is 103 cm³/mol. The van der Waals surface area contributed by atoms with Crippen LogP contribution in [-0.2, 0) is 11.2 Å². The van der Waals surface area contributed by atoms with Crippen LogP contribution in [-0.4, -0.2) is 31.0 Å². The van der Waals surface area contributed by atoms with Gasteiger partial charge in [0.05, 0.1) is 22.3 Å². The van der Waals surface area contributed by atoms with Crippen LogP contribution in [0.25, 0.3) is 22.4 Å². The summed E-state index contributed by atoms with van der Waals surface area (Å²) in [7, 11) is 0. The van der Waals surface area contributed by atoms with Gasteiger partial charge in [0.15, 0.2) is 11.6 Å². The van der Waals surface area contributed by atoms with Crippen molar-refractivity contribution in [2.75, 3.05) is 0 Å². The fourth-order valence-corrected chi connectivity index (χ4v) is 4.24. The van der Waals surface area contributed by atoms with Crippen molar-refractivity contribution in [3.63, 3.8) is 0 Å². The Kier molecular flexibility index (Phi) is 4.79. The number of pyridine rings is 1. The maximum absolute atomic E-state index is 14.5. The zero-order chi connectivity index (χ0) is 19.9. The van der Waals surface area contributed by atoms with E-state index in [2.05, 4.69) is 19.9 Å². The minimum atomic E-state index is -0.867. The molecule has 0 aliphatic heterocycles. The first-order valence-electron chi connectivity index (χ1n) is 9.26. The number of nitrogens with one attached hydrogen (secondary N) is 1. The number of halogens is 2. The van der Waals surface area contributed by atoms with E-state index in [1.165, 1.54) is 6.20 Å². The van der Waals surface area contributed by atoms with Crippen molar-refractivity contribution >= 4 is 28.6 Å². The van der Waals surface area contributed by atoms with Crippen LogP contribution in [0.1, 0.15) is 38.3 Å². The van der Waals surface area contributed by atoms with Gasteiger partial charge in [-0.3, -0.25) is 4.79 Å². The summed E-state index contributed by atoms with van der Waals surface area (Å²) < 4.78 is 14.5. The molecule has 0 unspecified atom stereocenters. The second kappa shape index (κ2) is 7.13. The number of aromatic nitrogens is 4. The minimum absolute atomic E-state index is 0.171. The molecule has 0 radical (unpaired) electrons. The zero-order valence-electron chi connectivity index (χ0n) is 15.4. The van der Waals surface area contributed by atoms with E-state index in [-0.39, 0.29) is 18.0 Å². The number of hydrogen-bond donors (Lipinski definition) is 2. The van der Waals surface area contributed by atoms with Crippen LogP contribution in [0.5, 0.6) is 0 Å². The molecule has 1 fully saturated rings. The van der Waals surface area contributed by atoms with E-state index in [1.807, 2.05) is 0 Å². The monoisotopic (exact) mass is 402 g/mol. The van der Waals surface area contributed by atoms with Gasteiger partial charge in [0.1, 0.15) is 5.65 Å². The molecule has 0 saturated heterocycles. The van der Waals surface area contributed by atoms with Crippen molar-refractivity contribution in [2.45, 2.75) is 39.0 Å². The summed E-state index contributed by atoms with van der Waals surface area (Å²) in [5, 5.41) is 10.9. The Hall–Kier alpha value is -2.54. The number of fused-ring (bicyclic) bond motifs is 1. The number of rotatable bonds is 4. The number of hydrogen-bond acceptors (Lipinski definition) is 4. The Morgan fingerprint density at radius 3 is 3.00 bits per heavy atom. The standard InChI is InChI=1S/C20H20ClFN4O2/c1-20(19(27)28)5-3-2-4-11(20)6-16-15(22)10-25-18(26-16)14-9-24-17-13(14)7-12(21)8-23-17/h7-11H,2-6H2,1H3,(H,23,24)(H,27,28)/t11-,20+/m1/s1. The van der Waals surface area contributed by atoms with Crippen LogP contribution in [0.3, 0.4) is 0 Å². The van der Waals surface area contributed by atoms with Gasteiger partial charge in [0, 0.05) is 23.3 Å². The summed E-state index contributed by atoms with van der Waals surface area (Å²) in [5.74, 6) is -1.16. The van der Waals surface area contributed by atoms with E-state index in [0.717, 1.165) is 30.8 Å². The Labute approximate surface area is 166 Å². The van der Waals surface area contributed by atoms with E-state index < -0.39 is 17.2 Å². The average Bonchev–Trinajstić information content (AvgIpc) is 3.08. The van der Waals surface area contributed by atoms with Crippen molar-refractivity contribution in [3.05, 3.63) is 41.2 Å². The summed E-state index contributed by atoms with van der Waals surface area (Å²) in [6, 6.07) is 1.75. The zero-order valence-corrected chi connectivity index (χ0v) is 16.1. The van der Waals surface area contributed by atoms with E-state index in [0.29, 0.717) is 28.5 Å². The van der Waals surface area contributed by atoms with Crippen LogP contribution in [0.2, 0.25) is 5.02 Å². The number of carboxylic acid groups (broad SMARTS) is 1. The molecule has 4 rings (SSSR count). The van der Waals surface area contributed by atoms with Gasteiger partial charge in [-0.1, -0.05) is 24.4 Å². The smallest absolute Gasteiger partial charge is 0.309 e. The highest BCUT2D eigenvalue weighted by Gasteiger charge is 2.43. The van der Waals surface area contributed by atoms with Gasteiger partial charge in [0.2, 0.25) is 0 Å². The molecule has 28 heavy (non-hydrogen) atoms. The third kappa shape index (κ3) is 3.24. The Bertz CT molecular complexity index is 1050. The largest absolute Gasteiger partial charge is 0.481 e. The molecule has 0 spiro atoms. The lowest BCUT2D eigenvalue weighted by Crippen LogP contribution is -2.39. The molecule has 1 aliphatic carbocycles. The lowest BCUT2D eigenvalue weighted by Gasteiger charge is -2.38. The number of aliphatic carboxylic acids is 1. The van der Waals surface area contributed by atoms with Gasteiger partial charge < -0.3 is 10.1 Å². The van der Waals surface area contributed by atoms with E-state index in [4.69, 9.17) is 11.6 Å². The fourth-order valence-electron chi connectivity index (χ4n) is 4.09. The van der Waals surface area contributed by atoms with Gasteiger partial charge in [-0.25, -0.2) is 19.3 Å². The molecule has 3 aromatic heterocycles. The highest BCUT2D eigenvalue weighted by molar-refractivity contribution is 6.31. The topological polar surface area (TPSA) is 91.8 Å². The number of carboxylic acids is 1. The average molecular weight is 403 g/mol. The molecular weight excluding hydrogens is 383 g/mol. The Balaban J connectivity index is 1.71. The van der Waals surface area contributed by atoms with E-state index >= 15 is 0 Å². The summed E-state index contributed by atoms with van der Waals surface area (Å²) in [6.07, 6.45) is 7.83. The molecule has 1 aliphatic rings. The van der Waals surface area contributed by atoms with E-state index in [9.17, 15) is 14.3 Å². The Morgan fingerprint density at radius 1 is 1.39 bits per heavy atom. The van der Waals surface area contributed by atoms with Crippen molar-refractivity contribution in [3.8, 4) is 11.4 Å². The number of carbonyl (C=O) groups is 1. The predicted octanol–water partition coefficient (Wildman–Crippen LogP) is 4.64. The SMILES string of the molecule is C[C@]1(C(=O)O)CCCC[C@@H]1Cc1nc(-c2c[nH]c3ncc(Cl)cc23)ncc1F. The molecule has 2 atom stereocenters. The first-order chi connectivity index (χ1) is 13.4. The number of nitrogens with zero attached hydrogens (tertiary/aromatic N) is 3. The normalized spacial score (nSPS) is 22.5. The van der Waals surface area contributed by atoms with Gasteiger partial charge >= 0.3 is 5.97 Å². The Morgan fingerprint density at radius 2 is 2.21 bits per heavy atom. The maximum Gasteiger partial charge on any atom is 0.309 e. The van der Waals surface area contributed by atoms with Crippen LogP contribution in [0.15, 0.2) is 24.7 Å². The van der Waals surface area contributed by atoms with E-state index in [1.54, 1.807) is 19.2 Å². The summed E-state index contributed by atoms with van der Waals surface area (Å²) in [4.78, 5) is 27.7. The molecule has 0 amide bonds. The minimum Gasteiger partial charge on any atom is -0.481 e. The molecular formula is C20H20ClFN4O2. The molecule has 1 saturated carbocycles. The van der Waals surface area contributed by atoms with Gasteiger partial charge in [-0.05, 0) is 38.2 Å². The molecule has 2 N–H and O–H groups in total. The van der Waals surface area contributed by atoms with Crippen LogP contribution in [0, 0.1) is 17.2 Å². The quantitative estimate of drug-likeness (QED) is 0.663. The second-order valence-electron chi connectivity index (χ2n) is 7.61. The maximum atomic E-state index is 14.5. The number of aromatic amines is 1. The lowest BCUT2D eigenvalue weighted by molar-refractivity contribution is -0.153. The van der Waals surface area contributed by atoms with Gasteiger partial charge in [-0.15, -0.1) is 0 Å². The van der Waals surface area contributed by atoms with Gasteiger partial charge in [0.25, 0.3) is 0 Å². The third-order valence-electron chi connectivity index (χ3n) is 5.88. The van der Waals surface area contributed by atoms with Crippen LogP contribution >= 0.6 is 11.6 Å². The van der Waals surface area contributed by atoms with Crippen molar-refractivity contribution in [1.82, 2.24) is 19.9 Å². The highest BCUT2D eigenvalue weighted by Crippen LogP contribution is 2.43. The number of H-pyrrole nitrogens is 1. The molecule has 6 nitrogen and oxygen atoms in total. The van der Waals surface area contributed by atoms with Crippen molar-refractivity contribution < 1.29 is 14.3 Å². The summed E-state index contributed by atoms with van der Waals surface area (Å²) >= 11 is 6.05. The van der Waals surface area contributed by atoms with Crippen molar-refractivity contribution in [2.24, 2.45) is 11.3 Å². The molecule has 8 heteroatoms. The lowest BCUT2D eigenvalue weighted by atomic mass is 9.66. The molecule has 146 valence electrons. The summed E-state index contributed by atoms with van der Waals surface area (Å²) in [5.41, 5.74) is 0.692. The van der Waals surface area contributed by atoms with Crippen LogP contribution < -0.4 is 0 Å². The second-order valence-corrected chi connectivity index (χ2v) is 8.05. The third-order valence-corrected chi connectivity index (χ3v) is 6.09. The first-order valence-corrected chi connectivity index (χ1v) is 9.64. The first kappa shape index (κ1) is 18.8. The van der Waals surface area contributed by atoms with Crippen LogP contribution in [0.4, 0.5) is 4.39 Å². The molecule has 0 bridgehead atoms. The fraction of sp³-hybridized carbons (Fsp3) is 0.400.